The molecule has 0 aromatic heterocycles. The van der Waals surface area contributed by atoms with Gasteiger partial charge in [0.2, 0.25) is 0 Å². The zero-order valence-corrected chi connectivity index (χ0v) is 39.3. The van der Waals surface area contributed by atoms with Crippen LogP contribution in [-0.4, -0.2) is 0 Å². The summed E-state index contributed by atoms with van der Waals surface area (Å²) in [4.78, 5) is 2.48. The van der Waals surface area contributed by atoms with Gasteiger partial charge in [-0.25, -0.2) is 0 Å². The van der Waals surface area contributed by atoms with Crippen LogP contribution in [0.3, 0.4) is 0 Å². The molecule has 12 aromatic carbocycles. The second kappa shape index (κ2) is 15.6. The van der Waals surface area contributed by atoms with E-state index in [0.717, 1.165) is 66.8 Å². The van der Waals surface area contributed by atoms with Crippen LogP contribution >= 0.6 is 0 Å². The Hall–Kier alpha value is -9.24. The number of para-hydroxylation sites is 1. The summed E-state index contributed by atoms with van der Waals surface area (Å²) < 4.78 is 7.27. The molecule has 0 saturated carbocycles. The van der Waals surface area contributed by atoms with E-state index in [-0.39, 0.29) is 0 Å². The lowest BCUT2D eigenvalue weighted by molar-refractivity contribution is 0.447. The van der Waals surface area contributed by atoms with Crippen molar-refractivity contribution in [3.05, 3.63) is 317 Å². The van der Waals surface area contributed by atoms with Crippen LogP contribution in [0.4, 0.5) is 17.1 Å². The zero-order chi connectivity index (χ0) is 47.4. The zero-order valence-electron chi connectivity index (χ0n) is 39.3. The molecule has 0 radical (unpaired) electrons. The quantitative estimate of drug-likeness (QED) is 0.165. The molecule has 1 aliphatic heterocycles. The Morgan fingerprint density at radius 3 is 1.39 bits per heavy atom. The second-order valence-corrected chi connectivity index (χ2v) is 19.4. The van der Waals surface area contributed by atoms with Crippen molar-refractivity contribution in [1.82, 2.24) is 0 Å². The Kier molecular flexibility index (Phi) is 8.82. The molecule has 336 valence electrons. The molecule has 2 aliphatic carbocycles. The van der Waals surface area contributed by atoms with Crippen LogP contribution in [0.15, 0.2) is 273 Å². The SMILES string of the molecule is c1ccc(N(c2cccc(-c3cccc4c3-c3ccccc3C43c4ccc5ccccc5c4Oc4c3ccc3ccccc43)c2)c2cccc3c2-c2ccccc2C3(c2ccccc2)c2ccccc2)cc1. The molecule has 0 bridgehead atoms. The van der Waals surface area contributed by atoms with Crippen LogP contribution in [0, 0.1) is 0 Å². The Morgan fingerprint density at radius 2 is 0.750 bits per heavy atom. The summed E-state index contributed by atoms with van der Waals surface area (Å²) in [5.74, 6) is 1.84. The molecule has 0 amide bonds. The first-order valence-corrected chi connectivity index (χ1v) is 25.0. The van der Waals surface area contributed by atoms with E-state index < -0.39 is 10.8 Å². The van der Waals surface area contributed by atoms with E-state index in [1.165, 1.54) is 61.2 Å². The van der Waals surface area contributed by atoms with E-state index in [9.17, 15) is 0 Å². The molecule has 0 fully saturated rings. The molecule has 72 heavy (non-hydrogen) atoms. The van der Waals surface area contributed by atoms with Crippen molar-refractivity contribution >= 4 is 38.6 Å². The summed E-state index contributed by atoms with van der Waals surface area (Å²) in [5.41, 5.74) is 19.4. The Balaban J connectivity index is 0.972. The van der Waals surface area contributed by atoms with Crippen LogP contribution in [0.2, 0.25) is 0 Å². The van der Waals surface area contributed by atoms with Gasteiger partial charge in [0.1, 0.15) is 11.5 Å². The average molecular weight is 916 g/mol. The van der Waals surface area contributed by atoms with Crippen molar-refractivity contribution in [2.45, 2.75) is 10.8 Å². The van der Waals surface area contributed by atoms with Crippen molar-refractivity contribution in [2.75, 3.05) is 4.90 Å². The predicted octanol–water partition coefficient (Wildman–Crippen LogP) is 18.0. The summed E-state index contributed by atoms with van der Waals surface area (Å²) in [5, 5.41) is 4.55. The number of nitrogens with zero attached hydrogens (tertiary/aromatic N) is 1. The van der Waals surface area contributed by atoms with Crippen LogP contribution in [0.5, 0.6) is 11.5 Å². The van der Waals surface area contributed by atoms with Crippen LogP contribution in [-0.2, 0) is 10.8 Å². The number of benzene rings is 12. The third-order valence-electron chi connectivity index (χ3n) is 16.0. The maximum Gasteiger partial charge on any atom is 0.140 e. The molecule has 0 unspecified atom stereocenters. The van der Waals surface area contributed by atoms with Gasteiger partial charge in [-0.05, 0) is 102 Å². The molecule has 15 rings (SSSR count). The predicted molar refractivity (Wildman–Crippen MR) is 296 cm³/mol. The van der Waals surface area contributed by atoms with Gasteiger partial charge in [0.05, 0.1) is 16.5 Å². The van der Waals surface area contributed by atoms with E-state index in [2.05, 4.69) is 278 Å². The minimum absolute atomic E-state index is 0.525. The van der Waals surface area contributed by atoms with Crippen LogP contribution in [0.1, 0.15) is 44.5 Å². The fourth-order valence-corrected chi connectivity index (χ4v) is 13.2. The summed E-state index contributed by atoms with van der Waals surface area (Å²) >= 11 is 0. The molecule has 0 saturated heterocycles. The lowest BCUT2D eigenvalue weighted by atomic mass is 9.65. The number of rotatable bonds is 6. The van der Waals surface area contributed by atoms with E-state index in [1.807, 2.05) is 0 Å². The standard InChI is InChI=1S/C70H45NO/c1-4-24-49(25-5-1)69(50-26-6-2-7-27-50)58-36-16-15-34-57(58)66-61(69)39-20-40-64(66)71(51-28-8-3-9-29-51)52-30-18-23-48(45-52)53-35-19-38-60-65(53)56-33-14-17-37-59(56)70(60)62-43-41-46-21-10-12-31-54(46)67(62)72-68-55-32-13-11-22-47(55)42-44-63(68)70/h1-45H. The lowest BCUT2D eigenvalue weighted by Gasteiger charge is -2.40. The minimum Gasteiger partial charge on any atom is -0.455 e. The van der Waals surface area contributed by atoms with Crippen LogP contribution < -0.4 is 9.64 Å². The second-order valence-electron chi connectivity index (χ2n) is 19.4. The summed E-state index contributed by atoms with van der Waals surface area (Å²) in [7, 11) is 0. The summed E-state index contributed by atoms with van der Waals surface area (Å²) in [6, 6.07) is 101. The average Bonchev–Trinajstić information content (AvgIpc) is 3.93. The molecule has 3 aliphatic rings. The fourth-order valence-electron chi connectivity index (χ4n) is 13.2. The van der Waals surface area contributed by atoms with Crippen molar-refractivity contribution < 1.29 is 4.74 Å². The Morgan fingerprint density at radius 1 is 0.292 bits per heavy atom. The lowest BCUT2D eigenvalue weighted by Crippen LogP contribution is -2.32. The molecule has 12 aromatic rings. The first-order chi connectivity index (χ1) is 35.7. The number of hydrogen-bond acceptors (Lipinski definition) is 2. The first-order valence-electron chi connectivity index (χ1n) is 25.0. The molecule has 2 heteroatoms. The van der Waals surface area contributed by atoms with Gasteiger partial charge >= 0.3 is 0 Å². The maximum absolute atomic E-state index is 7.27. The van der Waals surface area contributed by atoms with Gasteiger partial charge in [-0.1, -0.05) is 243 Å². The van der Waals surface area contributed by atoms with Crippen molar-refractivity contribution in [3.63, 3.8) is 0 Å². The number of fused-ring (bicyclic) bond motifs is 16. The number of ether oxygens (including phenoxy) is 1. The summed E-state index contributed by atoms with van der Waals surface area (Å²) in [6.07, 6.45) is 0. The largest absolute Gasteiger partial charge is 0.455 e. The van der Waals surface area contributed by atoms with Crippen LogP contribution in [0.25, 0.3) is 54.9 Å². The highest BCUT2D eigenvalue weighted by Crippen LogP contribution is 2.65. The van der Waals surface area contributed by atoms with Gasteiger partial charge in [0, 0.05) is 38.8 Å². The highest BCUT2D eigenvalue weighted by atomic mass is 16.5. The molecule has 0 N–H and O–H groups in total. The topological polar surface area (TPSA) is 12.5 Å². The van der Waals surface area contributed by atoms with Gasteiger partial charge in [-0.3, -0.25) is 0 Å². The molecule has 1 heterocycles. The highest BCUT2D eigenvalue weighted by Gasteiger charge is 2.53. The summed E-state index contributed by atoms with van der Waals surface area (Å²) in [6.45, 7) is 0. The van der Waals surface area contributed by atoms with E-state index in [1.54, 1.807) is 0 Å². The van der Waals surface area contributed by atoms with Crippen molar-refractivity contribution in [3.8, 4) is 44.9 Å². The molecular weight excluding hydrogens is 871 g/mol. The third-order valence-corrected chi connectivity index (χ3v) is 16.0. The molecular formula is C70H45NO. The molecule has 1 spiro atoms. The number of hydrogen-bond donors (Lipinski definition) is 0. The van der Waals surface area contributed by atoms with Gasteiger partial charge in [0.15, 0.2) is 0 Å². The Labute approximate surface area is 419 Å². The van der Waals surface area contributed by atoms with Crippen molar-refractivity contribution in [2.24, 2.45) is 0 Å². The third kappa shape index (κ3) is 5.49. The molecule has 2 nitrogen and oxygen atoms in total. The van der Waals surface area contributed by atoms with E-state index in [0.29, 0.717) is 0 Å². The fraction of sp³-hybridized carbons (Fsp3) is 0.0286. The number of anilines is 3. The minimum atomic E-state index is -0.644. The van der Waals surface area contributed by atoms with Gasteiger partial charge in [-0.15, -0.1) is 0 Å². The monoisotopic (exact) mass is 915 g/mol. The smallest absolute Gasteiger partial charge is 0.140 e. The van der Waals surface area contributed by atoms with Gasteiger partial charge in [-0.2, -0.15) is 0 Å². The maximum atomic E-state index is 7.27. The normalized spacial score (nSPS) is 13.9. The van der Waals surface area contributed by atoms with Crippen molar-refractivity contribution in [1.29, 1.82) is 0 Å². The highest BCUT2D eigenvalue weighted by molar-refractivity contribution is 6.03. The molecule has 0 atom stereocenters. The Bertz CT molecular complexity index is 4010. The van der Waals surface area contributed by atoms with Gasteiger partial charge in [0.25, 0.3) is 0 Å². The van der Waals surface area contributed by atoms with E-state index >= 15 is 0 Å². The van der Waals surface area contributed by atoms with Gasteiger partial charge < -0.3 is 9.64 Å². The van der Waals surface area contributed by atoms with E-state index in [4.69, 9.17) is 4.74 Å². The first kappa shape index (κ1) is 40.6.